The lowest BCUT2D eigenvalue weighted by molar-refractivity contribution is 0.0513. The van der Waals surface area contributed by atoms with E-state index in [2.05, 4.69) is 26.8 Å². The molecule has 3 heterocycles. The van der Waals surface area contributed by atoms with Crippen molar-refractivity contribution in [3.05, 3.63) is 63.4 Å². The first-order valence-electron chi connectivity index (χ1n) is 10.5. The molecular weight excluding hydrogens is 414 g/mol. The van der Waals surface area contributed by atoms with Gasteiger partial charge in [-0.2, -0.15) is 5.10 Å². The molecule has 0 atom stereocenters. The minimum atomic E-state index is -0.439. The number of hydrogen-bond donors (Lipinski definition) is 0. The van der Waals surface area contributed by atoms with Crippen LogP contribution < -0.4 is 0 Å². The van der Waals surface area contributed by atoms with E-state index in [1.807, 2.05) is 22.9 Å². The van der Waals surface area contributed by atoms with Crippen LogP contribution in [0.4, 0.5) is 0 Å². The number of fused-ring (bicyclic) bond motifs is 1. The number of esters is 1. The third kappa shape index (κ3) is 4.51. The molecule has 31 heavy (non-hydrogen) atoms. The van der Waals surface area contributed by atoms with Gasteiger partial charge in [0.2, 0.25) is 0 Å². The van der Waals surface area contributed by atoms with E-state index in [9.17, 15) is 9.59 Å². The second-order valence-electron chi connectivity index (χ2n) is 7.47. The molecule has 8 nitrogen and oxygen atoms in total. The van der Waals surface area contributed by atoms with Gasteiger partial charge in [-0.25, -0.2) is 4.79 Å². The van der Waals surface area contributed by atoms with E-state index in [0.717, 1.165) is 35.6 Å². The zero-order chi connectivity index (χ0) is 21.8. The molecular formula is C22H25N5O3S. The van der Waals surface area contributed by atoms with Gasteiger partial charge in [0, 0.05) is 30.8 Å². The molecule has 0 saturated carbocycles. The van der Waals surface area contributed by atoms with E-state index >= 15 is 0 Å². The van der Waals surface area contributed by atoms with Crippen molar-refractivity contribution in [3.8, 4) is 0 Å². The predicted octanol–water partition coefficient (Wildman–Crippen LogP) is 3.05. The highest BCUT2D eigenvalue weighted by atomic mass is 32.1. The third-order valence-electron chi connectivity index (χ3n) is 5.41. The van der Waals surface area contributed by atoms with Crippen LogP contribution in [0.15, 0.2) is 30.3 Å². The zero-order valence-corrected chi connectivity index (χ0v) is 18.5. The maximum absolute atomic E-state index is 12.9. The summed E-state index contributed by atoms with van der Waals surface area (Å²) in [5.41, 5.74) is 4.02. The molecule has 3 aromatic rings. The number of rotatable bonds is 7. The Balaban J connectivity index is 1.55. The SMILES string of the molecule is CCOC(=O)c1nn(CCCc2ccccc2)c2c1CN(C(=O)c1snnc1C)CC2. The van der Waals surface area contributed by atoms with E-state index in [4.69, 9.17) is 4.74 Å². The minimum Gasteiger partial charge on any atom is -0.461 e. The van der Waals surface area contributed by atoms with Gasteiger partial charge in [-0.1, -0.05) is 34.8 Å². The molecule has 0 unspecified atom stereocenters. The van der Waals surface area contributed by atoms with Gasteiger partial charge in [0.05, 0.1) is 18.8 Å². The highest BCUT2D eigenvalue weighted by Gasteiger charge is 2.32. The summed E-state index contributed by atoms with van der Waals surface area (Å²) in [6, 6.07) is 10.3. The van der Waals surface area contributed by atoms with Crippen LogP contribution in [0.1, 0.15) is 56.0 Å². The predicted molar refractivity (Wildman–Crippen MR) is 116 cm³/mol. The van der Waals surface area contributed by atoms with Crippen LogP contribution in [0.3, 0.4) is 0 Å². The molecule has 0 aliphatic carbocycles. The highest BCUT2D eigenvalue weighted by Crippen LogP contribution is 2.26. The lowest BCUT2D eigenvalue weighted by Gasteiger charge is -2.27. The fourth-order valence-electron chi connectivity index (χ4n) is 3.86. The van der Waals surface area contributed by atoms with Crippen LogP contribution in [-0.4, -0.2) is 49.3 Å². The van der Waals surface area contributed by atoms with E-state index in [0.29, 0.717) is 42.3 Å². The molecule has 0 radical (unpaired) electrons. The summed E-state index contributed by atoms with van der Waals surface area (Å²) in [5.74, 6) is -0.546. The van der Waals surface area contributed by atoms with Crippen molar-refractivity contribution in [3.63, 3.8) is 0 Å². The normalized spacial score (nSPS) is 13.2. The number of aromatic nitrogens is 4. The Morgan fingerprint density at radius 3 is 2.74 bits per heavy atom. The topological polar surface area (TPSA) is 90.2 Å². The summed E-state index contributed by atoms with van der Waals surface area (Å²) in [5, 5.41) is 8.54. The van der Waals surface area contributed by atoms with E-state index in [1.54, 1.807) is 18.7 Å². The molecule has 0 bridgehead atoms. The van der Waals surface area contributed by atoms with Crippen LogP contribution in [0.25, 0.3) is 0 Å². The van der Waals surface area contributed by atoms with Gasteiger partial charge in [0.15, 0.2) is 5.69 Å². The molecule has 9 heteroatoms. The van der Waals surface area contributed by atoms with Crippen molar-refractivity contribution < 1.29 is 14.3 Å². The van der Waals surface area contributed by atoms with Crippen molar-refractivity contribution in [2.45, 2.75) is 46.2 Å². The molecule has 0 spiro atoms. The Bertz CT molecular complexity index is 1080. The number of hydrogen-bond acceptors (Lipinski definition) is 7. The fourth-order valence-corrected chi connectivity index (χ4v) is 4.49. The Morgan fingerprint density at radius 1 is 1.23 bits per heavy atom. The van der Waals surface area contributed by atoms with Gasteiger partial charge in [0.25, 0.3) is 5.91 Å². The molecule has 1 aliphatic rings. The maximum Gasteiger partial charge on any atom is 0.359 e. The van der Waals surface area contributed by atoms with Crippen LogP contribution in [0.5, 0.6) is 0 Å². The number of benzene rings is 1. The quantitative estimate of drug-likeness (QED) is 0.526. The molecule has 1 aliphatic heterocycles. The number of aryl methyl sites for hydroxylation is 3. The van der Waals surface area contributed by atoms with Crippen LogP contribution >= 0.6 is 11.5 Å². The smallest absolute Gasteiger partial charge is 0.359 e. The first kappa shape index (κ1) is 21.2. The lowest BCUT2D eigenvalue weighted by atomic mass is 10.0. The monoisotopic (exact) mass is 439 g/mol. The van der Waals surface area contributed by atoms with Gasteiger partial charge in [0.1, 0.15) is 4.88 Å². The molecule has 162 valence electrons. The largest absolute Gasteiger partial charge is 0.461 e. The van der Waals surface area contributed by atoms with Crippen molar-refractivity contribution in [2.75, 3.05) is 13.2 Å². The summed E-state index contributed by atoms with van der Waals surface area (Å²) in [7, 11) is 0. The minimum absolute atomic E-state index is 0.107. The first-order valence-corrected chi connectivity index (χ1v) is 11.2. The number of nitrogens with zero attached hydrogens (tertiary/aromatic N) is 5. The van der Waals surface area contributed by atoms with Gasteiger partial charge in [-0.3, -0.25) is 9.48 Å². The second kappa shape index (κ2) is 9.38. The van der Waals surface area contributed by atoms with E-state index < -0.39 is 5.97 Å². The molecule has 4 rings (SSSR count). The van der Waals surface area contributed by atoms with E-state index in [-0.39, 0.29) is 12.5 Å². The molecule has 0 fully saturated rings. The third-order valence-corrected chi connectivity index (χ3v) is 6.23. The molecule has 0 N–H and O–H groups in total. The Kier molecular flexibility index (Phi) is 6.41. The van der Waals surface area contributed by atoms with Gasteiger partial charge in [-0.05, 0) is 43.8 Å². The number of carbonyl (C=O) groups excluding carboxylic acids is 2. The Labute approximate surface area is 185 Å². The summed E-state index contributed by atoms with van der Waals surface area (Å²) in [4.78, 5) is 27.8. The summed E-state index contributed by atoms with van der Waals surface area (Å²) < 4.78 is 11.0. The highest BCUT2D eigenvalue weighted by molar-refractivity contribution is 7.07. The van der Waals surface area contributed by atoms with Gasteiger partial charge >= 0.3 is 5.97 Å². The fraction of sp³-hybridized carbons (Fsp3) is 0.409. The van der Waals surface area contributed by atoms with Gasteiger partial charge in [-0.15, -0.1) is 5.10 Å². The van der Waals surface area contributed by atoms with Crippen molar-refractivity contribution >= 4 is 23.4 Å². The van der Waals surface area contributed by atoms with Crippen LogP contribution in [0.2, 0.25) is 0 Å². The van der Waals surface area contributed by atoms with Crippen LogP contribution in [-0.2, 0) is 30.7 Å². The summed E-state index contributed by atoms with van der Waals surface area (Å²) in [6.07, 6.45) is 2.49. The number of amides is 1. The molecule has 1 amide bonds. The average molecular weight is 440 g/mol. The lowest BCUT2D eigenvalue weighted by Crippen LogP contribution is -2.36. The van der Waals surface area contributed by atoms with Gasteiger partial charge < -0.3 is 9.64 Å². The summed E-state index contributed by atoms with van der Waals surface area (Å²) >= 11 is 1.10. The van der Waals surface area contributed by atoms with Crippen LogP contribution in [0, 0.1) is 6.92 Å². The number of carbonyl (C=O) groups is 2. The van der Waals surface area contributed by atoms with Crippen molar-refractivity contribution in [1.29, 1.82) is 0 Å². The standard InChI is InChI=1S/C22H25N5O3S/c1-3-30-22(29)19-17-14-26(21(28)20-15(2)23-25-31-20)13-11-18(17)27(24-19)12-7-10-16-8-5-4-6-9-16/h4-6,8-9H,3,7,10-14H2,1-2H3. The molecule has 1 aromatic carbocycles. The second-order valence-corrected chi connectivity index (χ2v) is 8.22. The molecule has 0 saturated heterocycles. The van der Waals surface area contributed by atoms with Crippen molar-refractivity contribution in [1.82, 2.24) is 24.3 Å². The molecule has 2 aromatic heterocycles. The summed E-state index contributed by atoms with van der Waals surface area (Å²) in [6.45, 7) is 5.44. The van der Waals surface area contributed by atoms with E-state index in [1.165, 1.54) is 5.56 Å². The Hall–Kier alpha value is -3.07. The zero-order valence-electron chi connectivity index (χ0n) is 17.7. The van der Waals surface area contributed by atoms with Crippen molar-refractivity contribution in [2.24, 2.45) is 0 Å². The number of ether oxygens (including phenoxy) is 1. The maximum atomic E-state index is 12.9. The first-order chi connectivity index (χ1) is 15.1. The average Bonchev–Trinajstić information content (AvgIpc) is 3.37. The Morgan fingerprint density at radius 2 is 2.03 bits per heavy atom.